The molecule has 0 aliphatic rings. The van der Waals surface area contributed by atoms with Crippen molar-refractivity contribution in [2.45, 2.75) is 19.0 Å². The summed E-state index contributed by atoms with van der Waals surface area (Å²) in [5, 5.41) is 2.88. The molecular formula is C22H20F3N3O3. The smallest absolute Gasteiger partial charge is 0.416 e. The molecule has 162 valence electrons. The number of aromatic nitrogens is 2. The van der Waals surface area contributed by atoms with Crippen LogP contribution in [0.5, 0.6) is 17.4 Å². The Hall–Kier alpha value is -3.62. The second-order valence-electron chi connectivity index (χ2n) is 6.67. The highest BCUT2D eigenvalue weighted by Crippen LogP contribution is 2.32. The first kappa shape index (κ1) is 22.1. The average molecular weight is 431 g/mol. The van der Waals surface area contributed by atoms with Gasteiger partial charge in [0.1, 0.15) is 17.9 Å². The Kier molecular flexibility index (Phi) is 6.74. The summed E-state index contributed by atoms with van der Waals surface area (Å²) in [6.07, 6.45) is -3.14. The van der Waals surface area contributed by atoms with Gasteiger partial charge in [-0.25, -0.2) is 9.97 Å². The van der Waals surface area contributed by atoms with Gasteiger partial charge in [0.15, 0.2) is 11.5 Å². The number of carbonyl (C=O) groups is 1. The summed E-state index contributed by atoms with van der Waals surface area (Å²) in [5.74, 6) is 1.47. The van der Waals surface area contributed by atoms with Crippen molar-refractivity contribution in [3.8, 4) is 17.4 Å². The van der Waals surface area contributed by atoms with Gasteiger partial charge < -0.3 is 14.8 Å². The summed E-state index contributed by atoms with van der Waals surface area (Å²) in [5.41, 5.74) is 0.197. The van der Waals surface area contributed by atoms with Crippen LogP contribution in [0, 0.1) is 0 Å². The molecule has 1 aromatic heterocycles. The predicted octanol–water partition coefficient (Wildman–Crippen LogP) is 4.69. The molecule has 31 heavy (non-hydrogen) atoms. The Morgan fingerprint density at radius 2 is 1.74 bits per heavy atom. The van der Waals surface area contributed by atoms with Crippen LogP contribution in [-0.2, 0) is 23.8 Å². The summed E-state index contributed by atoms with van der Waals surface area (Å²) < 4.78 is 49.6. The number of ketones is 1. The third-order valence-electron chi connectivity index (χ3n) is 4.40. The van der Waals surface area contributed by atoms with E-state index in [4.69, 9.17) is 9.47 Å². The summed E-state index contributed by atoms with van der Waals surface area (Å²) in [6.45, 7) is 0. The number of nitrogens with zero attached hydrogens (tertiary/aromatic N) is 2. The van der Waals surface area contributed by atoms with Crippen LogP contribution in [0.2, 0.25) is 0 Å². The number of methoxy groups -OCH3 is 1. The van der Waals surface area contributed by atoms with Crippen molar-refractivity contribution in [3.63, 3.8) is 0 Å². The molecule has 1 heterocycles. The zero-order valence-electron chi connectivity index (χ0n) is 16.9. The van der Waals surface area contributed by atoms with E-state index < -0.39 is 11.7 Å². The first-order chi connectivity index (χ1) is 14.8. The Labute approximate surface area is 177 Å². The number of hydrogen-bond donors (Lipinski definition) is 1. The number of ether oxygens (including phenoxy) is 2. The minimum Gasteiger partial charge on any atom is -0.493 e. The number of halogens is 3. The summed E-state index contributed by atoms with van der Waals surface area (Å²) >= 11 is 0. The molecule has 0 radical (unpaired) electrons. The van der Waals surface area contributed by atoms with Crippen molar-refractivity contribution in [3.05, 3.63) is 71.5 Å². The maximum atomic E-state index is 12.8. The van der Waals surface area contributed by atoms with Gasteiger partial charge in [0, 0.05) is 26.0 Å². The van der Waals surface area contributed by atoms with E-state index in [0.29, 0.717) is 34.3 Å². The van der Waals surface area contributed by atoms with Crippen molar-refractivity contribution in [1.82, 2.24) is 9.97 Å². The van der Waals surface area contributed by atoms with Crippen LogP contribution in [0.15, 0.2) is 54.9 Å². The van der Waals surface area contributed by atoms with Crippen LogP contribution in [0.25, 0.3) is 0 Å². The van der Waals surface area contributed by atoms with E-state index in [1.54, 1.807) is 31.3 Å². The highest BCUT2D eigenvalue weighted by atomic mass is 19.4. The van der Waals surface area contributed by atoms with Gasteiger partial charge in [0.05, 0.1) is 12.7 Å². The molecule has 0 atom stereocenters. The van der Waals surface area contributed by atoms with E-state index in [2.05, 4.69) is 15.3 Å². The van der Waals surface area contributed by atoms with Gasteiger partial charge in [-0.2, -0.15) is 13.2 Å². The fourth-order valence-corrected chi connectivity index (χ4v) is 2.93. The van der Waals surface area contributed by atoms with Crippen LogP contribution in [0.4, 0.5) is 19.0 Å². The molecule has 0 aliphatic heterocycles. The Morgan fingerprint density at radius 3 is 2.42 bits per heavy atom. The maximum absolute atomic E-state index is 12.8. The third-order valence-corrected chi connectivity index (χ3v) is 4.40. The maximum Gasteiger partial charge on any atom is 0.416 e. The monoisotopic (exact) mass is 431 g/mol. The topological polar surface area (TPSA) is 73.3 Å². The number of anilines is 1. The van der Waals surface area contributed by atoms with Crippen LogP contribution >= 0.6 is 0 Å². The fourth-order valence-electron chi connectivity index (χ4n) is 2.93. The molecule has 0 saturated carbocycles. The van der Waals surface area contributed by atoms with Gasteiger partial charge in [0.2, 0.25) is 5.88 Å². The summed E-state index contributed by atoms with van der Waals surface area (Å²) in [7, 11) is 3.19. The Morgan fingerprint density at radius 1 is 1.00 bits per heavy atom. The molecule has 2 aromatic carbocycles. The zero-order valence-corrected chi connectivity index (χ0v) is 16.9. The number of benzene rings is 2. The van der Waals surface area contributed by atoms with Gasteiger partial charge in [-0.1, -0.05) is 24.3 Å². The predicted molar refractivity (Wildman–Crippen MR) is 109 cm³/mol. The normalized spacial score (nSPS) is 11.1. The van der Waals surface area contributed by atoms with Gasteiger partial charge in [-0.05, 0) is 29.3 Å². The molecule has 3 rings (SSSR count). The molecule has 9 heteroatoms. The van der Waals surface area contributed by atoms with Crippen molar-refractivity contribution in [2.75, 3.05) is 19.5 Å². The van der Waals surface area contributed by atoms with E-state index in [1.807, 2.05) is 0 Å². The van der Waals surface area contributed by atoms with E-state index >= 15 is 0 Å². The van der Waals surface area contributed by atoms with Crippen molar-refractivity contribution in [2.24, 2.45) is 0 Å². The van der Waals surface area contributed by atoms with Crippen molar-refractivity contribution >= 4 is 11.6 Å². The lowest BCUT2D eigenvalue weighted by atomic mass is 10.0. The highest BCUT2D eigenvalue weighted by Gasteiger charge is 2.30. The van der Waals surface area contributed by atoms with E-state index in [9.17, 15) is 18.0 Å². The lowest BCUT2D eigenvalue weighted by Crippen LogP contribution is -2.09. The number of nitrogens with one attached hydrogen (secondary N) is 1. The summed E-state index contributed by atoms with van der Waals surface area (Å²) in [4.78, 5) is 20.5. The molecule has 0 bridgehead atoms. The van der Waals surface area contributed by atoms with Crippen LogP contribution in [0.3, 0.4) is 0 Å². The van der Waals surface area contributed by atoms with Gasteiger partial charge in [-0.3, -0.25) is 4.79 Å². The third kappa shape index (κ3) is 5.94. The molecule has 0 unspecified atom stereocenters. The molecule has 0 saturated heterocycles. The molecule has 1 N–H and O–H groups in total. The Bertz CT molecular complexity index is 1070. The molecule has 0 fully saturated rings. The first-order valence-electron chi connectivity index (χ1n) is 9.31. The van der Waals surface area contributed by atoms with Crippen LogP contribution in [-0.4, -0.2) is 29.9 Å². The minimum absolute atomic E-state index is 0.0459. The lowest BCUT2D eigenvalue weighted by Gasteiger charge is -2.12. The van der Waals surface area contributed by atoms with Gasteiger partial charge in [0.25, 0.3) is 0 Å². The molecule has 0 aliphatic carbocycles. The van der Waals surface area contributed by atoms with E-state index in [-0.39, 0.29) is 18.6 Å². The largest absolute Gasteiger partial charge is 0.493 e. The van der Waals surface area contributed by atoms with Gasteiger partial charge in [-0.15, -0.1) is 0 Å². The Balaban J connectivity index is 1.70. The number of carbonyl (C=O) groups excluding carboxylic acids is 1. The van der Waals surface area contributed by atoms with Crippen LogP contribution < -0.4 is 14.8 Å². The fraction of sp³-hybridized carbons (Fsp3) is 0.227. The van der Waals surface area contributed by atoms with Crippen LogP contribution in [0.1, 0.15) is 16.7 Å². The number of Topliss-reactive ketones (excluding diaryl/α,β-unsaturated/α-hetero) is 1. The zero-order chi connectivity index (χ0) is 22.4. The number of alkyl halides is 3. The van der Waals surface area contributed by atoms with Gasteiger partial charge >= 0.3 is 6.18 Å². The number of rotatable bonds is 8. The highest BCUT2D eigenvalue weighted by molar-refractivity contribution is 5.83. The van der Waals surface area contributed by atoms with Crippen molar-refractivity contribution in [1.29, 1.82) is 0 Å². The minimum atomic E-state index is -4.44. The molecule has 6 nitrogen and oxygen atoms in total. The quantitative estimate of drug-likeness (QED) is 0.558. The number of hydrogen-bond acceptors (Lipinski definition) is 6. The first-order valence-corrected chi connectivity index (χ1v) is 9.31. The SMILES string of the molecule is CNc1cc(Oc2ccc(CC(=O)Cc3cccc(C(F)(F)F)c3)cc2OC)ncn1. The van der Waals surface area contributed by atoms with Crippen molar-refractivity contribution < 1.29 is 27.4 Å². The van der Waals surface area contributed by atoms with E-state index in [1.165, 1.54) is 25.6 Å². The van der Waals surface area contributed by atoms with E-state index in [0.717, 1.165) is 12.1 Å². The molecule has 0 amide bonds. The second-order valence-corrected chi connectivity index (χ2v) is 6.67. The average Bonchev–Trinajstić information content (AvgIpc) is 2.74. The molecular weight excluding hydrogens is 411 g/mol. The molecule has 3 aromatic rings. The standard InChI is InChI=1S/C22H20F3N3O3/c1-26-20-12-21(28-13-27-20)31-18-7-6-15(11-19(18)30-2)10-17(29)9-14-4-3-5-16(8-14)22(23,24)25/h3-8,11-13H,9-10H2,1-2H3,(H,26,27,28). The molecule has 0 spiro atoms. The second kappa shape index (κ2) is 9.46. The summed E-state index contributed by atoms with van der Waals surface area (Å²) in [6, 6.07) is 11.4. The lowest BCUT2D eigenvalue weighted by molar-refractivity contribution is -0.137.